The maximum absolute atomic E-state index is 12.2. The number of benzene rings is 1. The molecule has 5 heteroatoms. The van der Waals surface area contributed by atoms with Crippen molar-refractivity contribution in [1.29, 1.82) is 0 Å². The highest BCUT2D eigenvalue weighted by Gasteiger charge is 2.16. The van der Waals surface area contributed by atoms with Crippen LogP contribution in [0.1, 0.15) is 52.6 Å². The average Bonchev–Trinajstić information content (AvgIpc) is 2.88. The standard InChI is InChI=1S/C15H19N3OS/c1-9-6-4-5-7-12(9)11(3)17-14(19)13-8-20-15(18-13)10(2)16/h4-8,10-11H,16H2,1-3H3,(H,17,19)/t10?,11-/m0/s1. The number of nitrogens with zero attached hydrogens (tertiary/aromatic N) is 1. The molecule has 3 N–H and O–H groups in total. The van der Waals surface area contributed by atoms with Gasteiger partial charge in [-0.3, -0.25) is 4.79 Å². The maximum atomic E-state index is 12.2. The molecule has 1 aromatic heterocycles. The van der Waals surface area contributed by atoms with Gasteiger partial charge in [-0.05, 0) is 31.9 Å². The Bertz CT molecular complexity index is 607. The van der Waals surface area contributed by atoms with Gasteiger partial charge < -0.3 is 11.1 Å². The van der Waals surface area contributed by atoms with Crippen molar-refractivity contribution >= 4 is 17.2 Å². The Hall–Kier alpha value is -1.72. The summed E-state index contributed by atoms with van der Waals surface area (Å²) < 4.78 is 0. The predicted molar refractivity (Wildman–Crippen MR) is 81.8 cm³/mol. The molecule has 0 saturated carbocycles. The minimum atomic E-state index is -0.163. The van der Waals surface area contributed by atoms with Gasteiger partial charge in [0.2, 0.25) is 0 Å². The van der Waals surface area contributed by atoms with Crippen molar-refractivity contribution in [2.75, 3.05) is 0 Å². The summed E-state index contributed by atoms with van der Waals surface area (Å²) >= 11 is 1.42. The molecule has 1 unspecified atom stereocenters. The number of hydrogen-bond acceptors (Lipinski definition) is 4. The lowest BCUT2D eigenvalue weighted by Crippen LogP contribution is -2.27. The highest BCUT2D eigenvalue weighted by atomic mass is 32.1. The number of carbonyl (C=O) groups is 1. The molecule has 0 radical (unpaired) electrons. The molecular formula is C15H19N3OS. The van der Waals surface area contributed by atoms with Gasteiger partial charge in [0.15, 0.2) is 0 Å². The summed E-state index contributed by atoms with van der Waals surface area (Å²) in [5, 5.41) is 5.50. The maximum Gasteiger partial charge on any atom is 0.271 e. The number of nitrogens with one attached hydrogen (secondary N) is 1. The molecule has 20 heavy (non-hydrogen) atoms. The van der Waals surface area contributed by atoms with Gasteiger partial charge in [-0.15, -0.1) is 11.3 Å². The largest absolute Gasteiger partial charge is 0.344 e. The quantitative estimate of drug-likeness (QED) is 0.909. The van der Waals surface area contributed by atoms with E-state index in [4.69, 9.17) is 5.73 Å². The average molecular weight is 289 g/mol. The van der Waals surface area contributed by atoms with Crippen molar-refractivity contribution in [2.24, 2.45) is 5.73 Å². The first-order valence-corrected chi connectivity index (χ1v) is 7.44. The van der Waals surface area contributed by atoms with Gasteiger partial charge >= 0.3 is 0 Å². The minimum Gasteiger partial charge on any atom is -0.344 e. The Morgan fingerprint density at radius 2 is 2.05 bits per heavy atom. The van der Waals surface area contributed by atoms with E-state index >= 15 is 0 Å². The van der Waals surface area contributed by atoms with Gasteiger partial charge in [0.25, 0.3) is 5.91 Å². The fourth-order valence-corrected chi connectivity index (χ4v) is 2.78. The van der Waals surface area contributed by atoms with Gasteiger partial charge in [0.1, 0.15) is 10.7 Å². The summed E-state index contributed by atoms with van der Waals surface area (Å²) in [6.45, 7) is 5.87. The van der Waals surface area contributed by atoms with Crippen molar-refractivity contribution < 1.29 is 4.79 Å². The molecule has 0 aliphatic heterocycles. The van der Waals surface area contributed by atoms with Crippen LogP contribution in [-0.2, 0) is 0 Å². The van der Waals surface area contributed by atoms with E-state index in [9.17, 15) is 4.79 Å². The summed E-state index contributed by atoms with van der Waals surface area (Å²) in [6, 6.07) is 7.83. The zero-order valence-electron chi connectivity index (χ0n) is 11.9. The molecule has 2 atom stereocenters. The molecule has 2 rings (SSSR count). The summed E-state index contributed by atoms with van der Waals surface area (Å²) in [4.78, 5) is 16.4. The van der Waals surface area contributed by atoms with E-state index in [1.54, 1.807) is 5.38 Å². The van der Waals surface area contributed by atoms with E-state index in [0.717, 1.165) is 16.1 Å². The number of aromatic nitrogens is 1. The van der Waals surface area contributed by atoms with Crippen LogP contribution in [0.25, 0.3) is 0 Å². The molecule has 1 heterocycles. The Morgan fingerprint density at radius 1 is 1.35 bits per heavy atom. The van der Waals surface area contributed by atoms with Crippen LogP contribution in [0.15, 0.2) is 29.6 Å². The topological polar surface area (TPSA) is 68.0 Å². The smallest absolute Gasteiger partial charge is 0.271 e. The lowest BCUT2D eigenvalue weighted by Gasteiger charge is -2.15. The van der Waals surface area contributed by atoms with Crippen molar-refractivity contribution in [3.05, 3.63) is 51.5 Å². The highest BCUT2D eigenvalue weighted by molar-refractivity contribution is 7.09. The van der Waals surface area contributed by atoms with E-state index in [1.807, 2.05) is 45.0 Å². The van der Waals surface area contributed by atoms with E-state index in [0.29, 0.717) is 5.69 Å². The van der Waals surface area contributed by atoms with Crippen molar-refractivity contribution in [2.45, 2.75) is 32.9 Å². The SMILES string of the molecule is Cc1ccccc1[C@H](C)NC(=O)c1csc(C(C)N)n1. The van der Waals surface area contributed by atoms with Crippen LogP contribution in [0.4, 0.5) is 0 Å². The van der Waals surface area contributed by atoms with Crippen LogP contribution < -0.4 is 11.1 Å². The van der Waals surface area contributed by atoms with Gasteiger partial charge in [0, 0.05) is 5.38 Å². The molecule has 0 fully saturated rings. The zero-order valence-corrected chi connectivity index (χ0v) is 12.7. The number of amides is 1. The number of rotatable bonds is 4. The van der Waals surface area contributed by atoms with Crippen LogP contribution in [-0.4, -0.2) is 10.9 Å². The monoisotopic (exact) mass is 289 g/mol. The van der Waals surface area contributed by atoms with Gasteiger partial charge in [-0.1, -0.05) is 24.3 Å². The van der Waals surface area contributed by atoms with Crippen LogP contribution in [0.2, 0.25) is 0 Å². The molecule has 106 valence electrons. The fraction of sp³-hybridized carbons (Fsp3) is 0.333. The van der Waals surface area contributed by atoms with E-state index < -0.39 is 0 Å². The third kappa shape index (κ3) is 3.23. The second kappa shape index (κ2) is 6.15. The second-order valence-electron chi connectivity index (χ2n) is 4.91. The minimum absolute atomic E-state index is 0.0517. The van der Waals surface area contributed by atoms with Crippen LogP contribution in [0.3, 0.4) is 0 Å². The second-order valence-corrected chi connectivity index (χ2v) is 5.80. The molecule has 0 aliphatic rings. The van der Waals surface area contributed by atoms with Crippen LogP contribution in [0.5, 0.6) is 0 Å². The van der Waals surface area contributed by atoms with Gasteiger partial charge in [-0.2, -0.15) is 0 Å². The lowest BCUT2D eigenvalue weighted by atomic mass is 10.0. The lowest BCUT2D eigenvalue weighted by molar-refractivity contribution is 0.0935. The summed E-state index contributed by atoms with van der Waals surface area (Å²) in [5.41, 5.74) is 8.46. The normalized spacial score (nSPS) is 13.8. The number of carbonyl (C=O) groups excluding carboxylic acids is 1. The van der Waals surface area contributed by atoms with Crippen molar-refractivity contribution in [3.63, 3.8) is 0 Å². The molecule has 0 saturated heterocycles. The first kappa shape index (κ1) is 14.7. The molecule has 0 aliphatic carbocycles. The highest BCUT2D eigenvalue weighted by Crippen LogP contribution is 2.19. The molecule has 0 bridgehead atoms. The Kier molecular flexibility index (Phi) is 4.52. The third-order valence-corrected chi connectivity index (χ3v) is 4.19. The van der Waals surface area contributed by atoms with Crippen molar-refractivity contribution in [3.8, 4) is 0 Å². The molecule has 4 nitrogen and oxygen atoms in total. The number of nitrogens with two attached hydrogens (primary N) is 1. The predicted octanol–water partition coefficient (Wildman–Crippen LogP) is 2.96. The van der Waals surface area contributed by atoms with Gasteiger partial charge in [-0.25, -0.2) is 4.98 Å². The molecule has 1 aromatic carbocycles. The number of hydrogen-bond donors (Lipinski definition) is 2. The zero-order chi connectivity index (χ0) is 14.7. The van der Waals surface area contributed by atoms with Gasteiger partial charge in [0.05, 0.1) is 12.1 Å². The Morgan fingerprint density at radius 3 is 2.65 bits per heavy atom. The molecule has 1 amide bonds. The van der Waals surface area contributed by atoms with Crippen LogP contribution in [0, 0.1) is 6.92 Å². The molecule has 0 spiro atoms. The third-order valence-electron chi connectivity index (χ3n) is 3.15. The van der Waals surface area contributed by atoms with E-state index in [-0.39, 0.29) is 18.0 Å². The summed E-state index contributed by atoms with van der Waals surface area (Å²) in [6.07, 6.45) is 0. The fourth-order valence-electron chi connectivity index (χ4n) is 2.02. The van der Waals surface area contributed by atoms with E-state index in [1.165, 1.54) is 11.3 Å². The number of aryl methyl sites for hydroxylation is 1. The van der Waals surface area contributed by atoms with Crippen LogP contribution >= 0.6 is 11.3 Å². The number of thiazole rings is 1. The van der Waals surface area contributed by atoms with Crippen molar-refractivity contribution in [1.82, 2.24) is 10.3 Å². The first-order chi connectivity index (χ1) is 9.49. The Labute approximate surface area is 123 Å². The summed E-state index contributed by atoms with van der Waals surface area (Å²) in [5.74, 6) is -0.163. The summed E-state index contributed by atoms with van der Waals surface area (Å²) in [7, 11) is 0. The first-order valence-electron chi connectivity index (χ1n) is 6.56. The molecular weight excluding hydrogens is 270 g/mol. The molecule has 2 aromatic rings. The van der Waals surface area contributed by atoms with E-state index in [2.05, 4.69) is 10.3 Å². The Balaban J connectivity index is 2.09.